The van der Waals surface area contributed by atoms with Gasteiger partial charge in [0.25, 0.3) is 15.9 Å². The number of carbonyl (C=O) groups excluding carboxylic acids is 1. The van der Waals surface area contributed by atoms with Gasteiger partial charge in [0.1, 0.15) is 17.4 Å². The molecule has 0 unspecified atom stereocenters. The van der Waals surface area contributed by atoms with E-state index in [1.165, 1.54) is 18.2 Å². The van der Waals surface area contributed by atoms with Crippen molar-refractivity contribution in [2.45, 2.75) is 58.5 Å². The molecular formula is C28H41N5O4S. The van der Waals surface area contributed by atoms with Crippen LogP contribution in [0.1, 0.15) is 59.9 Å². The van der Waals surface area contributed by atoms with Crippen molar-refractivity contribution in [3.05, 3.63) is 59.2 Å². The quantitative estimate of drug-likeness (QED) is 0.415. The number of ether oxygens (including phenoxy) is 1. The number of aryl methyl sites for hydroxylation is 1. The van der Waals surface area contributed by atoms with E-state index >= 15 is 0 Å². The van der Waals surface area contributed by atoms with Gasteiger partial charge in [-0.05, 0) is 94.5 Å². The van der Waals surface area contributed by atoms with Crippen molar-refractivity contribution in [1.29, 1.82) is 0 Å². The van der Waals surface area contributed by atoms with E-state index in [0.717, 1.165) is 28.9 Å². The van der Waals surface area contributed by atoms with Gasteiger partial charge in [0.15, 0.2) is 5.03 Å². The molecule has 1 amide bonds. The van der Waals surface area contributed by atoms with Crippen LogP contribution in [0.2, 0.25) is 0 Å². The second kappa shape index (κ2) is 10.2. The van der Waals surface area contributed by atoms with Crippen molar-refractivity contribution in [3.8, 4) is 17.0 Å². The summed E-state index contributed by atoms with van der Waals surface area (Å²) in [4.78, 5) is 24.3. The minimum absolute atomic E-state index is 0. The van der Waals surface area contributed by atoms with E-state index in [0.29, 0.717) is 30.6 Å². The van der Waals surface area contributed by atoms with Crippen molar-refractivity contribution in [2.75, 3.05) is 23.8 Å². The molecule has 3 heterocycles. The normalized spacial score (nSPS) is 16.9. The summed E-state index contributed by atoms with van der Waals surface area (Å²) in [5.74, 6) is 0.843. The van der Waals surface area contributed by atoms with E-state index in [9.17, 15) is 13.2 Å². The SMILES string of the molecule is CCOc1cc(-c2ccc(C(=O)NS(=O)(=O)c3cccc(N)n3)c(N3C[C@@H](C)CC3(C)C)n2)cc(C)c1C.[HH].[HH].[HH]. The second-order valence-corrected chi connectivity index (χ2v) is 12.1. The maximum atomic E-state index is 13.4. The van der Waals surface area contributed by atoms with Crippen LogP contribution in [0.25, 0.3) is 11.3 Å². The number of rotatable bonds is 7. The van der Waals surface area contributed by atoms with Gasteiger partial charge in [-0.2, -0.15) is 8.42 Å². The fraction of sp³-hybridized carbons (Fsp3) is 0.393. The molecule has 9 nitrogen and oxygen atoms in total. The molecule has 38 heavy (non-hydrogen) atoms. The van der Waals surface area contributed by atoms with Crippen LogP contribution in [0, 0.1) is 19.8 Å². The number of nitrogens with zero attached hydrogens (tertiary/aromatic N) is 3. The molecule has 1 aromatic carbocycles. The number of hydrogen-bond donors (Lipinski definition) is 2. The molecule has 208 valence electrons. The molecule has 1 atom stereocenters. The van der Waals surface area contributed by atoms with E-state index in [2.05, 4.69) is 35.4 Å². The summed E-state index contributed by atoms with van der Waals surface area (Å²) in [7, 11) is -4.25. The average Bonchev–Trinajstić information content (AvgIpc) is 3.12. The topological polar surface area (TPSA) is 128 Å². The van der Waals surface area contributed by atoms with Crippen molar-refractivity contribution in [2.24, 2.45) is 5.92 Å². The van der Waals surface area contributed by atoms with Gasteiger partial charge in [-0.1, -0.05) is 13.0 Å². The Morgan fingerprint density at radius 1 is 1.21 bits per heavy atom. The van der Waals surface area contributed by atoms with Crippen LogP contribution in [0.3, 0.4) is 0 Å². The Morgan fingerprint density at radius 3 is 2.58 bits per heavy atom. The molecule has 4 rings (SSSR count). The Labute approximate surface area is 228 Å². The van der Waals surface area contributed by atoms with E-state index in [1.54, 1.807) is 12.1 Å². The fourth-order valence-electron chi connectivity index (χ4n) is 5.04. The molecule has 0 saturated carbocycles. The predicted molar refractivity (Wildman–Crippen MR) is 155 cm³/mol. The van der Waals surface area contributed by atoms with Gasteiger partial charge in [0.05, 0.1) is 17.9 Å². The number of pyridine rings is 2. The van der Waals surface area contributed by atoms with Gasteiger partial charge >= 0.3 is 0 Å². The number of amides is 1. The smallest absolute Gasteiger partial charge is 0.281 e. The van der Waals surface area contributed by atoms with E-state index in [-0.39, 0.29) is 26.2 Å². The Hall–Kier alpha value is -3.66. The number of nitrogens with two attached hydrogens (primary N) is 1. The minimum atomic E-state index is -4.25. The molecule has 0 bridgehead atoms. The summed E-state index contributed by atoms with van der Waals surface area (Å²) in [6.45, 7) is 13.5. The molecular weight excluding hydrogens is 502 g/mol. The van der Waals surface area contributed by atoms with Gasteiger partial charge in [-0.25, -0.2) is 14.7 Å². The molecule has 3 N–H and O–H groups in total. The summed E-state index contributed by atoms with van der Waals surface area (Å²) in [5.41, 5.74) is 9.17. The third-order valence-corrected chi connectivity index (χ3v) is 8.14. The van der Waals surface area contributed by atoms with E-state index < -0.39 is 15.9 Å². The lowest BCUT2D eigenvalue weighted by atomic mass is 9.97. The average molecular weight is 544 g/mol. The highest BCUT2D eigenvalue weighted by Crippen LogP contribution is 2.39. The maximum absolute atomic E-state index is 13.4. The summed E-state index contributed by atoms with van der Waals surface area (Å²) >= 11 is 0. The third kappa shape index (κ3) is 5.45. The second-order valence-electron chi connectivity index (χ2n) is 10.5. The van der Waals surface area contributed by atoms with Crippen molar-refractivity contribution in [3.63, 3.8) is 0 Å². The zero-order chi connectivity index (χ0) is 27.8. The number of anilines is 2. The number of nitrogens with one attached hydrogen (secondary N) is 1. The third-order valence-electron chi connectivity index (χ3n) is 6.91. The van der Waals surface area contributed by atoms with Crippen LogP contribution in [0.4, 0.5) is 11.6 Å². The molecule has 0 aliphatic carbocycles. The van der Waals surface area contributed by atoms with Crippen LogP contribution in [-0.2, 0) is 10.0 Å². The molecule has 0 spiro atoms. The Balaban J connectivity index is 0.00000280. The number of sulfonamides is 1. The van der Waals surface area contributed by atoms with Crippen molar-refractivity contribution in [1.82, 2.24) is 14.7 Å². The first-order chi connectivity index (χ1) is 17.8. The van der Waals surface area contributed by atoms with E-state index in [4.69, 9.17) is 15.5 Å². The lowest BCUT2D eigenvalue weighted by Gasteiger charge is -2.34. The number of benzene rings is 1. The molecule has 2 aromatic heterocycles. The van der Waals surface area contributed by atoms with Crippen LogP contribution in [-0.4, -0.2) is 43.0 Å². The Kier molecular flexibility index (Phi) is 7.38. The maximum Gasteiger partial charge on any atom is 0.281 e. The first kappa shape index (κ1) is 27.4. The van der Waals surface area contributed by atoms with Gasteiger partial charge in [0.2, 0.25) is 0 Å². The van der Waals surface area contributed by atoms with Crippen molar-refractivity contribution < 1.29 is 22.2 Å². The lowest BCUT2D eigenvalue weighted by molar-refractivity contribution is 0.0981. The number of hydrogen-bond acceptors (Lipinski definition) is 8. The molecule has 0 radical (unpaired) electrons. The largest absolute Gasteiger partial charge is 0.494 e. The summed E-state index contributed by atoms with van der Waals surface area (Å²) in [6.07, 6.45) is 0.906. The zero-order valence-electron chi connectivity index (χ0n) is 22.7. The van der Waals surface area contributed by atoms with Crippen molar-refractivity contribution >= 4 is 27.6 Å². The van der Waals surface area contributed by atoms with Gasteiger partial charge < -0.3 is 15.4 Å². The first-order valence-corrected chi connectivity index (χ1v) is 14.1. The first-order valence-electron chi connectivity index (χ1n) is 12.6. The molecule has 10 heteroatoms. The highest BCUT2D eigenvalue weighted by atomic mass is 32.2. The monoisotopic (exact) mass is 543 g/mol. The van der Waals surface area contributed by atoms with E-state index in [1.807, 2.05) is 32.9 Å². The van der Waals surface area contributed by atoms with Crippen LogP contribution >= 0.6 is 0 Å². The van der Waals surface area contributed by atoms with Crippen LogP contribution in [0.15, 0.2) is 47.5 Å². The standard InChI is InChI=1S/C28H35N5O4S.3H2/c1-7-37-23-14-20(13-18(3)19(23)4)22-12-11-21(26(30-22)33-16-17(2)15-28(33,5)6)27(34)32-38(35,36)25-10-8-9-24(29)31-25;;;/h8-14,17H,7,15-16H2,1-6H3,(H2,29,31)(H,32,34);3*1H/t17-;;;/m0.../s1. The van der Waals surface area contributed by atoms with Crippen LogP contribution < -0.4 is 20.1 Å². The Morgan fingerprint density at radius 2 is 1.95 bits per heavy atom. The fourth-order valence-corrected chi connectivity index (χ4v) is 5.98. The minimum Gasteiger partial charge on any atom is -0.494 e. The number of aromatic nitrogens is 2. The summed E-state index contributed by atoms with van der Waals surface area (Å²) < 4.78 is 33.9. The highest BCUT2D eigenvalue weighted by molar-refractivity contribution is 7.90. The van der Waals surface area contributed by atoms with Gasteiger partial charge in [0, 0.05) is 21.9 Å². The highest BCUT2D eigenvalue weighted by Gasteiger charge is 2.39. The van der Waals surface area contributed by atoms with Crippen LogP contribution in [0.5, 0.6) is 5.75 Å². The Bertz CT molecular complexity index is 1500. The van der Waals surface area contributed by atoms with Gasteiger partial charge in [-0.3, -0.25) is 4.79 Å². The summed E-state index contributed by atoms with van der Waals surface area (Å²) in [5, 5.41) is -0.328. The predicted octanol–water partition coefficient (Wildman–Crippen LogP) is 5.22. The summed E-state index contributed by atoms with van der Waals surface area (Å²) in [6, 6.07) is 11.6. The molecule has 1 saturated heterocycles. The number of carbonyl (C=O) groups is 1. The molecule has 1 aliphatic heterocycles. The lowest BCUT2D eigenvalue weighted by Crippen LogP contribution is -2.41. The molecule has 3 aromatic rings. The molecule has 1 aliphatic rings. The zero-order valence-corrected chi connectivity index (χ0v) is 23.5. The molecule has 1 fully saturated rings. The number of nitrogen functional groups attached to an aromatic ring is 1. The van der Waals surface area contributed by atoms with Gasteiger partial charge in [-0.15, -0.1) is 0 Å².